The van der Waals surface area contributed by atoms with Gasteiger partial charge in [0, 0.05) is 12.0 Å². The van der Waals surface area contributed by atoms with Crippen LogP contribution < -0.4 is 9.47 Å². The number of benzene rings is 3. The van der Waals surface area contributed by atoms with Gasteiger partial charge in [-0.25, -0.2) is 0 Å². The van der Waals surface area contributed by atoms with Crippen LogP contribution in [0.1, 0.15) is 23.1 Å². The second-order valence-corrected chi connectivity index (χ2v) is 7.06. The Morgan fingerprint density at radius 3 is 2.16 bits per heavy atom. The van der Waals surface area contributed by atoms with Crippen LogP contribution in [0.3, 0.4) is 0 Å². The fourth-order valence-electron chi connectivity index (χ4n) is 2.94. The first kappa shape index (κ1) is 22.8. The molecule has 3 rings (SSSR count). The zero-order chi connectivity index (χ0) is 22.4. The summed E-state index contributed by atoms with van der Waals surface area (Å²) in [7, 11) is 0. The summed E-state index contributed by atoms with van der Waals surface area (Å²) in [6, 6.07) is 25.4. The number of carbonyl (C=O) groups excluding carboxylic acids is 1. The molecule has 0 radical (unpaired) electrons. The molecule has 0 unspecified atom stereocenters. The van der Waals surface area contributed by atoms with Crippen molar-refractivity contribution in [1.29, 1.82) is 0 Å². The van der Waals surface area contributed by atoms with Crippen LogP contribution in [-0.4, -0.2) is 25.2 Å². The maximum atomic E-state index is 10.5. The van der Waals surface area contributed by atoms with Gasteiger partial charge >= 0.3 is 0 Å². The summed E-state index contributed by atoms with van der Waals surface area (Å²) >= 11 is 0. The number of hydrogen-bond donors (Lipinski definition) is 0. The molecule has 164 valence electrons. The number of aldehydes is 1. The molecular formula is C27H27NO4. The highest BCUT2D eigenvalue weighted by Crippen LogP contribution is 2.17. The molecule has 0 spiro atoms. The second-order valence-electron chi connectivity index (χ2n) is 7.06. The van der Waals surface area contributed by atoms with E-state index in [4.69, 9.17) is 14.3 Å². The van der Waals surface area contributed by atoms with Gasteiger partial charge in [0.05, 0.1) is 0 Å². The van der Waals surface area contributed by atoms with Crippen molar-refractivity contribution in [2.24, 2.45) is 5.16 Å². The Balaban J connectivity index is 1.52. The number of aryl methyl sites for hydroxylation is 1. The lowest BCUT2D eigenvalue weighted by molar-refractivity contribution is -0.107. The molecule has 0 N–H and O–H groups in total. The molecule has 32 heavy (non-hydrogen) atoms. The summed E-state index contributed by atoms with van der Waals surface area (Å²) in [5.74, 6) is 1.53. The molecule has 3 aromatic rings. The summed E-state index contributed by atoms with van der Waals surface area (Å²) < 4.78 is 11.8. The van der Waals surface area contributed by atoms with E-state index in [1.165, 1.54) is 0 Å². The van der Waals surface area contributed by atoms with Crippen LogP contribution in [0, 0.1) is 0 Å². The van der Waals surface area contributed by atoms with E-state index in [-0.39, 0.29) is 6.61 Å². The predicted octanol–water partition coefficient (Wildman–Crippen LogP) is 5.38. The Morgan fingerprint density at radius 2 is 1.50 bits per heavy atom. The summed E-state index contributed by atoms with van der Waals surface area (Å²) in [5, 5.41) is 4.19. The van der Waals surface area contributed by atoms with E-state index in [1.54, 1.807) is 6.08 Å². The highest BCUT2D eigenvalue weighted by Gasteiger charge is 2.06. The number of carbonyl (C=O) groups is 1. The smallest absolute Gasteiger partial charge is 0.135 e. The van der Waals surface area contributed by atoms with Crippen molar-refractivity contribution >= 4 is 12.0 Å². The molecule has 0 amide bonds. The molecular weight excluding hydrogens is 402 g/mol. The summed E-state index contributed by atoms with van der Waals surface area (Å²) in [6.45, 7) is 4.72. The van der Waals surface area contributed by atoms with Crippen molar-refractivity contribution in [3.8, 4) is 11.5 Å². The minimum Gasteiger partial charge on any atom is -0.489 e. The van der Waals surface area contributed by atoms with Gasteiger partial charge < -0.3 is 19.1 Å². The molecule has 5 nitrogen and oxygen atoms in total. The number of oxime groups is 1. The van der Waals surface area contributed by atoms with Gasteiger partial charge in [0.25, 0.3) is 0 Å². The molecule has 0 heterocycles. The van der Waals surface area contributed by atoms with Gasteiger partial charge in [-0.2, -0.15) is 0 Å². The minimum absolute atomic E-state index is 0.285. The van der Waals surface area contributed by atoms with Crippen molar-refractivity contribution in [3.63, 3.8) is 0 Å². The molecule has 5 heteroatoms. The summed E-state index contributed by atoms with van der Waals surface area (Å²) in [4.78, 5) is 15.7. The first-order valence-electron chi connectivity index (χ1n) is 10.5. The van der Waals surface area contributed by atoms with Crippen LogP contribution in [0.5, 0.6) is 11.5 Å². The summed E-state index contributed by atoms with van der Waals surface area (Å²) in [5.41, 5.74) is 3.81. The lowest BCUT2D eigenvalue weighted by Crippen LogP contribution is -2.14. The molecule has 0 aliphatic heterocycles. The molecule has 0 atom stereocenters. The number of hydrogen-bond acceptors (Lipinski definition) is 5. The van der Waals surface area contributed by atoms with Gasteiger partial charge in [0.15, 0.2) is 0 Å². The van der Waals surface area contributed by atoms with Gasteiger partial charge in [0.1, 0.15) is 43.3 Å². The normalized spacial score (nSPS) is 10.9. The maximum Gasteiger partial charge on any atom is 0.135 e. The number of ether oxygens (including phenoxy) is 2. The van der Waals surface area contributed by atoms with Gasteiger partial charge in [-0.1, -0.05) is 72.4 Å². The Labute approximate surface area is 188 Å². The van der Waals surface area contributed by atoms with Crippen molar-refractivity contribution in [3.05, 3.63) is 108 Å². The Bertz CT molecular complexity index is 996. The lowest BCUT2D eigenvalue weighted by Gasteiger charge is -2.11. The second kappa shape index (κ2) is 12.7. The quantitative estimate of drug-likeness (QED) is 0.120. The predicted molar refractivity (Wildman–Crippen MR) is 126 cm³/mol. The van der Waals surface area contributed by atoms with Gasteiger partial charge in [-0.15, -0.1) is 0 Å². The van der Waals surface area contributed by atoms with E-state index in [1.807, 2.05) is 78.9 Å². The van der Waals surface area contributed by atoms with E-state index in [0.29, 0.717) is 25.3 Å². The third-order valence-corrected chi connectivity index (χ3v) is 4.65. The molecule has 0 aromatic heterocycles. The van der Waals surface area contributed by atoms with Crippen LogP contribution in [0.2, 0.25) is 0 Å². The fourth-order valence-corrected chi connectivity index (χ4v) is 2.94. The van der Waals surface area contributed by atoms with E-state index in [0.717, 1.165) is 40.9 Å². The van der Waals surface area contributed by atoms with Gasteiger partial charge in [0.2, 0.25) is 0 Å². The molecule has 0 fully saturated rings. The first-order chi connectivity index (χ1) is 15.8. The lowest BCUT2D eigenvalue weighted by atomic mass is 10.1. The SMILES string of the molecule is C=CCO/N=C(\COc1ccc(COc2ccc(CCC=O)cc2)cc1)c1ccccc1. The molecule has 0 bridgehead atoms. The molecule has 0 aliphatic rings. The Morgan fingerprint density at radius 1 is 0.844 bits per heavy atom. The van der Waals surface area contributed by atoms with E-state index < -0.39 is 0 Å². The topological polar surface area (TPSA) is 57.1 Å². The molecule has 0 aliphatic carbocycles. The van der Waals surface area contributed by atoms with E-state index >= 15 is 0 Å². The molecule has 0 saturated heterocycles. The van der Waals surface area contributed by atoms with Crippen LogP contribution in [-0.2, 0) is 22.7 Å². The average molecular weight is 430 g/mol. The monoisotopic (exact) mass is 429 g/mol. The van der Waals surface area contributed by atoms with Crippen LogP contribution in [0.4, 0.5) is 0 Å². The fraction of sp³-hybridized carbons (Fsp3) is 0.185. The first-order valence-corrected chi connectivity index (χ1v) is 10.5. The zero-order valence-electron chi connectivity index (χ0n) is 18.0. The third kappa shape index (κ3) is 7.43. The average Bonchev–Trinajstić information content (AvgIpc) is 2.85. The van der Waals surface area contributed by atoms with Crippen LogP contribution >= 0.6 is 0 Å². The van der Waals surface area contributed by atoms with Crippen molar-refractivity contribution < 1.29 is 19.1 Å². The Hall–Kier alpha value is -3.86. The molecule has 0 saturated carbocycles. The number of rotatable bonds is 13. The van der Waals surface area contributed by atoms with E-state index in [2.05, 4.69) is 11.7 Å². The van der Waals surface area contributed by atoms with Crippen molar-refractivity contribution in [1.82, 2.24) is 0 Å². The summed E-state index contributed by atoms with van der Waals surface area (Å²) in [6.07, 6.45) is 3.87. The van der Waals surface area contributed by atoms with Gasteiger partial charge in [-0.05, 0) is 41.8 Å². The van der Waals surface area contributed by atoms with Crippen molar-refractivity contribution in [2.75, 3.05) is 13.2 Å². The van der Waals surface area contributed by atoms with Crippen LogP contribution in [0.15, 0.2) is 96.7 Å². The Kier molecular flexibility index (Phi) is 9.09. The highest BCUT2D eigenvalue weighted by molar-refractivity contribution is 6.01. The zero-order valence-corrected chi connectivity index (χ0v) is 18.0. The van der Waals surface area contributed by atoms with E-state index in [9.17, 15) is 4.79 Å². The van der Waals surface area contributed by atoms with Crippen LogP contribution in [0.25, 0.3) is 0 Å². The maximum absolute atomic E-state index is 10.5. The van der Waals surface area contributed by atoms with Gasteiger partial charge in [-0.3, -0.25) is 0 Å². The standard InChI is InChI=1S/C27H27NO4/c1-2-19-32-28-27(24-8-4-3-5-9-24)21-31-26-16-12-23(13-17-26)20-30-25-14-10-22(11-15-25)7-6-18-29/h2-5,8-18H,1,6-7,19-21H2/b28-27+. The third-order valence-electron chi connectivity index (χ3n) is 4.65. The largest absolute Gasteiger partial charge is 0.489 e. The minimum atomic E-state index is 0.285. The highest BCUT2D eigenvalue weighted by atomic mass is 16.6. The van der Waals surface area contributed by atoms with Crippen molar-refractivity contribution in [2.45, 2.75) is 19.4 Å². The number of nitrogens with zero attached hydrogens (tertiary/aromatic N) is 1. The molecule has 3 aromatic carbocycles.